The summed E-state index contributed by atoms with van der Waals surface area (Å²) in [5.41, 5.74) is 2.90. The highest BCUT2D eigenvalue weighted by Crippen LogP contribution is 2.24. The summed E-state index contributed by atoms with van der Waals surface area (Å²) >= 11 is 6.10. The first-order chi connectivity index (χ1) is 13.2. The van der Waals surface area contributed by atoms with E-state index in [1.165, 1.54) is 18.2 Å². The zero-order chi connectivity index (χ0) is 20.3. The molecule has 0 aliphatic carbocycles. The van der Waals surface area contributed by atoms with E-state index in [2.05, 4.69) is 10.0 Å². The van der Waals surface area contributed by atoms with Gasteiger partial charge in [-0.05, 0) is 68.1 Å². The first kappa shape index (κ1) is 20.8. The number of carbonyl (C=O) groups is 1. The van der Waals surface area contributed by atoms with Crippen LogP contribution in [0.15, 0.2) is 41.3 Å². The average molecular weight is 423 g/mol. The highest BCUT2D eigenvalue weighted by Gasteiger charge is 2.23. The van der Waals surface area contributed by atoms with E-state index in [-0.39, 0.29) is 28.1 Å². The van der Waals surface area contributed by atoms with Crippen molar-refractivity contribution in [3.05, 3.63) is 58.1 Å². The van der Waals surface area contributed by atoms with Gasteiger partial charge in [0.25, 0.3) is 5.91 Å². The predicted octanol–water partition coefficient (Wildman–Crippen LogP) is 3.67. The number of hydrogen-bond acceptors (Lipinski definition) is 4. The van der Waals surface area contributed by atoms with Crippen LogP contribution in [0.1, 0.15) is 34.3 Å². The largest absolute Gasteiger partial charge is 0.377 e. The molecule has 28 heavy (non-hydrogen) atoms. The highest BCUT2D eigenvalue weighted by molar-refractivity contribution is 7.89. The van der Waals surface area contributed by atoms with Gasteiger partial charge in [-0.1, -0.05) is 17.7 Å². The Kier molecular flexibility index (Phi) is 6.40. The molecule has 1 unspecified atom stereocenters. The molecule has 8 heteroatoms. The molecule has 1 saturated heterocycles. The maximum absolute atomic E-state index is 12.6. The summed E-state index contributed by atoms with van der Waals surface area (Å²) in [6.07, 6.45) is 1.60. The minimum atomic E-state index is -3.86. The quantitative estimate of drug-likeness (QED) is 0.743. The molecule has 0 aromatic heterocycles. The smallest absolute Gasteiger partial charge is 0.255 e. The lowest BCUT2D eigenvalue weighted by Gasteiger charge is -2.13. The second-order valence-corrected chi connectivity index (χ2v) is 9.11. The van der Waals surface area contributed by atoms with E-state index >= 15 is 0 Å². The van der Waals surface area contributed by atoms with Gasteiger partial charge in [0.2, 0.25) is 10.0 Å². The van der Waals surface area contributed by atoms with Crippen molar-refractivity contribution in [3.8, 4) is 0 Å². The van der Waals surface area contributed by atoms with E-state index in [0.29, 0.717) is 12.3 Å². The van der Waals surface area contributed by atoms with Crippen LogP contribution in [0.5, 0.6) is 0 Å². The van der Waals surface area contributed by atoms with Crippen molar-refractivity contribution >= 4 is 33.2 Å². The third-order valence-electron chi connectivity index (χ3n) is 4.49. The van der Waals surface area contributed by atoms with Crippen molar-refractivity contribution in [2.45, 2.75) is 37.7 Å². The lowest BCUT2D eigenvalue weighted by molar-refractivity contribution is 0.102. The summed E-state index contributed by atoms with van der Waals surface area (Å²) in [6.45, 7) is 4.70. The van der Waals surface area contributed by atoms with E-state index in [1.807, 2.05) is 32.0 Å². The molecule has 0 spiro atoms. The van der Waals surface area contributed by atoms with Gasteiger partial charge in [0.15, 0.2) is 0 Å². The van der Waals surface area contributed by atoms with Gasteiger partial charge in [-0.3, -0.25) is 4.79 Å². The molecule has 1 amide bonds. The Balaban J connectivity index is 1.78. The monoisotopic (exact) mass is 422 g/mol. The van der Waals surface area contributed by atoms with Crippen LogP contribution in [0, 0.1) is 13.8 Å². The average Bonchev–Trinajstić information content (AvgIpc) is 3.13. The standard InChI is InChI=1S/C20H23ClN2O4S/c1-13-8-14(2)10-16(9-13)23-20(24)15-5-6-18(21)19(11-15)28(25,26)22-12-17-4-3-7-27-17/h5-6,8-11,17,22H,3-4,7,12H2,1-2H3,(H,23,24). The van der Waals surface area contributed by atoms with E-state index < -0.39 is 15.9 Å². The number of anilines is 1. The Hall–Kier alpha value is -1.93. The van der Waals surface area contributed by atoms with Crippen molar-refractivity contribution in [2.24, 2.45) is 0 Å². The molecule has 1 aliphatic heterocycles. The van der Waals surface area contributed by atoms with Gasteiger partial charge in [0.1, 0.15) is 4.90 Å². The molecule has 3 rings (SSSR count). The number of ether oxygens (including phenoxy) is 1. The van der Waals surface area contributed by atoms with Gasteiger partial charge in [-0.2, -0.15) is 0 Å². The molecular weight excluding hydrogens is 400 g/mol. The minimum Gasteiger partial charge on any atom is -0.377 e. The van der Waals surface area contributed by atoms with Crippen LogP contribution >= 0.6 is 11.6 Å². The third kappa shape index (κ3) is 5.11. The van der Waals surface area contributed by atoms with Crippen LogP contribution in [0.3, 0.4) is 0 Å². The summed E-state index contributed by atoms with van der Waals surface area (Å²) in [7, 11) is -3.86. The van der Waals surface area contributed by atoms with Crippen LogP contribution in [-0.4, -0.2) is 33.6 Å². The van der Waals surface area contributed by atoms with Gasteiger partial charge in [-0.25, -0.2) is 13.1 Å². The van der Waals surface area contributed by atoms with Crippen LogP contribution in [-0.2, 0) is 14.8 Å². The SMILES string of the molecule is Cc1cc(C)cc(NC(=O)c2ccc(Cl)c(S(=O)(=O)NCC3CCCO3)c2)c1. The summed E-state index contributed by atoms with van der Waals surface area (Å²) < 4.78 is 33.3. The number of nitrogens with one attached hydrogen (secondary N) is 2. The molecule has 2 aromatic rings. The van der Waals surface area contributed by atoms with Gasteiger partial charge in [0, 0.05) is 24.4 Å². The molecule has 0 bridgehead atoms. The number of benzene rings is 2. The fourth-order valence-corrected chi connectivity index (χ4v) is 4.78. The highest BCUT2D eigenvalue weighted by atomic mass is 35.5. The Labute approximate surface area is 170 Å². The minimum absolute atomic E-state index is 0.0581. The zero-order valence-electron chi connectivity index (χ0n) is 15.8. The van der Waals surface area contributed by atoms with Crippen LogP contribution in [0.25, 0.3) is 0 Å². The maximum Gasteiger partial charge on any atom is 0.255 e. The van der Waals surface area contributed by atoms with Gasteiger partial charge in [0.05, 0.1) is 11.1 Å². The first-order valence-electron chi connectivity index (χ1n) is 9.05. The predicted molar refractivity (Wildman–Crippen MR) is 109 cm³/mol. The van der Waals surface area contributed by atoms with E-state index in [1.54, 1.807) is 0 Å². The second-order valence-electron chi connectivity index (χ2n) is 6.96. The molecule has 1 heterocycles. The Bertz CT molecular complexity index is 965. The van der Waals surface area contributed by atoms with Crippen molar-refractivity contribution in [1.29, 1.82) is 0 Å². The molecule has 6 nitrogen and oxygen atoms in total. The lowest BCUT2D eigenvalue weighted by atomic mass is 10.1. The number of hydrogen-bond donors (Lipinski definition) is 2. The van der Waals surface area contributed by atoms with Gasteiger partial charge >= 0.3 is 0 Å². The van der Waals surface area contributed by atoms with E-state index in [9.17, 15) is 13.2 Å². The number of amides is 1. The molecular formula is C20H23ClN2O4S. The molecule has 2 aromatic carbocycles. The van der Waals surface area contributed by atoms with E-state index in [0.717, 1.165) is 24.0 Å². The molecule has 0 radical (unpaired) electrons. The zero-order valence-corrected chi connectivity index (χ0v) is 17.4. The summed E-state index contributed by atoms with van der Waals surface area (Å²) in [4.78, 5) is 12.5. The van der Waals surface area contributed by atoms with Gasteiger partial charge in [-0.15, -0.1) is 0 Å². The number of rotatable bonds is 6. The summed E-state index contributed by atoms with van der Waals surface area (Å²) in [6, 6.07) is 9.90. The normalized spacial score (nSPS) is 16.9. The van der Waals surface area contributed by atoms with Crippen molar-refractivity contribution < 1.29 is 17.9 Å². The van der Waals surface area contributed by atoms with Crippen LogP contribution in [0.4, 0.5) is 5.69 Å². The second kappa shape index (κ2) is 8.61. The first-order valence-corrected chi connectivity index (χ1v) is 10.9. The maximum atomic E-state index is 12.6. The Morgan fingerprint density at radius 1 is 1.18 bits per heavy atom. The molecule has 150 valence electrons. The molecule has 1 fully saturated rings. The van der Waals surface area contributed by atoms with Crippen LogP contribution < -0.4 is 10.0 Å². The number of aryl methyl sites for hydroxylation is 2. The fraction of sp³-hybridized carbons (Fsp3) is 0.350. The molecule has 2 N–H and O–H groups in total. The van der Waals surface area contributed by atoms with Gasteiger partial charge < -0.3 is 10.1 Å². The van der Waals surface area contributed by atoms with Crippen molar-refractivity contribution in [1.82, 2.24) is 4.72 Å². The lowest BCUT2D eigenvalue weighted by Crippen LogP contribution is -2.32. The van der Waals surface area contributed by atoms with E-state index in [4.69, 9.17) is 16.3 Å². The number of carbonyl (C=O) groups excluding carboxylic acids is 1. The summed E-state index contributed by atoms with van der Waals surface area (Å²) in [5.74, 6) is -0.405. The Morgan fingerprint density at radius 2 is 1.89 bits per heavy atom. The summed E-state index contributed by atoms with van der Waals surface area (Å²) in [5, 5.41) is 2.86. The number of sulfonamides is 1. The fourth-order valence-electron chi connectivity index (χ4n) is 3.19. The number of halogens is 1. The molecule has 1 atom stereocenters. The third-order valence-corrected chi connectivity index (χ3v) is 6.39. The topological polar surface area (TPSA) is 84.5 Å². The molecule has 1 aliphatic rings. The van der Waals surface area contributed by atoms with Crippen molar-refractivity contribution in [3.63, 3.8) is 0 Å². The molecule has 0 saturated carbocycles. The van der Waals surface area contributed by atoms with Crippen molar-refractivity contribution in [2.75, 3.05) is 18.5 Å². The Morgan fingerprint density at radius 3 is 2.54 bits per heavy atom. The van der Waals surface area contributed by atoms with Crippen LogP contribution in [0.2, 0.25) is 5.02 Å².